The summed E-state index contributed by atoms with van der Waals surface area (Å²) < 4.78 is 0. The lowest BCUT2D eigenvalue weighted by atomic mass is 10.2. The van der Waals surface area contributed by atoms with Crippen molar-refractivity contribution >= 4 is 11.7 Å². The van der Waals surface area contributed by atoms with E-state index in [-0.39, 0.29) is 11.9 Å². The van der Waals surface area contributed by atoms with E-state index >= 15 is 0 Å². The van der Waals surface area contributed by atoms with Gasteiger partial charge in [0.1, 0.15) is 5.82 Å². The molecule has 5 heteroatoms. The first-order chi connectivity index (χ1) is 8.04. The lowest BCUT2D eigenvalue weighted by molar-refractivity contribution is 0.0821. The molecule has 0 saturated carbocycles. The molecule has 0 spiro atoms. The number of rotatable bonds is 5. The molecular formula is C12H18N4O. The standard InChI is InChI=1S/C12H18N4O/c1-5-6-9(2)13-11-8-7-10(14-15-11)12(17)16(3)4/h5,7-9H,1,6H2,2-4H3,(H,13,15). The van der Waals surface area contributed by atoms with Crippen LogP contribution in [-0.4, -0.2) is 41.1 Å². The van der Waals surface area contributed by atoms with E-state index in [4.69, 9.17) is 0 Å². The van der Waals surface area contributed by atoms with Crippen LogP contribution in [0.3, 0.4) is 0 Å². The summed E-state index contributed by atoms with van der Waals surface area (Å²) in [6.45, 7) is 5.70. The van der Waals surface area contributed by atoms with Crippen LogP contribution in [0, 0.1) is 0 Å². The van der Waals surface area contributed by atoms with E-state index < -0.39 is 0 Å². The van der Waals surface area contributed by atoms with Crippen LogP contribution in [0.1, 0.15) is 23.8 Å². The maximum Gasteiger partial charge on any atom is 0.273 e. The molecule has 0 aliphatic carbocycles. The number of nitrogens with zero attached hydrogens (tertiary/aromatic N) is 3. The summed E-state index contributed by atoms with van der Waals surface area (Å²) in [5.41, 5.74) is 0.344. The minimum absolute atomic E-state index is 0.150. The van der Waals surface area contributed by atoms with Gasteiger partial charge in [0, 0.05) is 20.1 Å². The second-order valence-corrected chi connectivity index (χ2v) is 4.07. The SMILES string of the molecule is C=CCC(C)Nc1ccc(C(=O)N(C)C)nn1. The average molecular weight is 234 g/mol. The van der Waals surface area contributed by atoms with E-state index in [1.165, 1.54) is 4.90 Å². The predicted octanol–water partition coefficient (Wildman–Crippen LogP) is 1.55. The van der Waals surface area contributed by atoms with Crippen molar-refractivity contribution in [2.75, 3.05) is 19.4 Å². The zero-order valence-electron chi connectivity index (χ0n) is 10.5. The van der Waals surface area contributed by atoms with Crippen molar-refractivity contribution in [3.05, 3.63) is 30.5 Å². The fourth-order valence-electron chi connectivity index (χ4n) is 1.31. The van der Waals surface area contributed by atoms with E-state index in [0.717, 1.165) is 6.42 Å². The van der Waals surface area contributed by atoms with Gasteiger partial charge in [-0.1, -0.05) is 6.08 Å². The molecule has 0 aliphatic heterocycles. The van der Waals surface area contributed by atoms with Crippen molar-refractivity contribution in [3.63, 3.8) is 0 Å². The number of carbonyl (C=O) groups is 1. The second kappa shape index (κ2) is 5.98. The van der Waals surface area contributed by atoms with E-state index in [1.54, 1.807) is 26.2 Å². The number of anilines is 1. The number of nitrogens with one attached hydrogen (secondary N) is 1. The van der Waals surface area contributed by atoms with Crippen molar-refractivity contribution in [3.8, 4) is 0 Å². The van der Waals surface area contributed by atoms with Crippen molar-refractivity contribution in [1.29, 1.82) is 0 Å². The second-order valence-electron chi connectivity index (χ2n) is 4.07. The van der Waals surface area contributed by atoms with Gasteiger partial charge in [-0.2, -0.15) is 0 Å². The molecule has 1 aromatic rings. The Balaban J connectivity index is 2.68. The summed E-state index contributed by atoms with van der Waals surface area (Å²) in [6, 6.07) is 3.67. The monoisotopic (exact) mass is 234 g/mol. The molecular weight excluding hydrogens is 216 g/mol. The summed E-state index contributed by atoms with van der Waals surface area (Å²) in [6.07, 6.45) is 2.69. The van der Waals surface area contributed by atoms with Crippen LogP contribution in [-0.2, 0) is 0 Å². The summed E-state index contributed by atoms with van der Waals surface area (Å²) in [5, 5.41) is 11.0. The van der Waals surface area contributed by atoms with Crippen LogP contribution in [0.25, 0.3) is 0 Å². The predicted molar refractivity (Wildman–Crippen MR) is 67.9 cm³/mol. The van der Waals surface area contributed by atoms with Crippen LogP contribution in [0.4, 0.5) is 5.82 Å². The Hall–Kier alpha value is -1.91. The topological polar surface area (TPSA) is 58.1 Å². The molecule has 92 valence electrons. The highest BCUT2D eigenvalue weighted by Gasteiger charge is 2.10. The first-order valence-electron chi connectivity index (χ1n) is 5.47. The minimum Gasteiger partial charge on any atom is -0.366 e. The molecule has 1 heterocycles. The quantitative estimate of drug-likeness (QED) is 0.785. The third-order valence-electron chi connectivity index (χ3n) is 2.20. The van der Waals surface area contributed by atoms with Crippen LogP contribution in [0.5, 0.6) is 0 Å². The molecule has 0 radical (unpaired) electrons. The molecule has 0 aliphatic rings. The van der Waals surface area contributed by atoms with Crippen LogP contribution in [0.2, 0.25) is 0 Å². The van der Waals surface area contributed by atoms with Crippen LogP contribution < -0.4 is 5.32 Å². The zero-order chi connectivity index (χ0) is 12.8. The van der Waals surface area contributed by atoms with Gasteiger partial charge in [0.15, 0.2) is 5.69 Å². The first kappa shape index (κ1) is 13.2. The molecule has 17 heavy (non-hydrogen) atoms. The van der Waals surface area contributed by atoms with E-state index in [2.05, 4.69) is 22.1 Å². The average Bonchev–Trinajstić information content (AvgIpc) is 2.29. The lowest BCUT2D eigenvalue weighted by Gasteiger charge is -2.12. The fourth-order valence-corrected chi connectivity index (χ4v) is 1.31. The molecule has 0 aromatic carbocycles. The van der Waals surface area contributed by atoms with Crippen molar-refractivity contribution in [2.24, 2.45) is 0 Å². The molecule has 1 N–H and O–H groups in total. The van der Waals surface area contributed by atoms with Gasteiger partial charge in [-0.25, -0.2) is 0 Å². The Morgan fingerprint density at radius 3 is 2.71 bits per heavy atom. The highest BCUT2D eigenvalue weighted by Crippen LogP contribution is 2.06. The van der Waals surface area contributed by atoms with Gasteiger partial charge in [0.05, 0.1) is 0 Å². The Morgan fingerprint density at radius 1 is 1.53 bits per heavy atom. The molecule has 1 atom stereocenters. The van der Waals surface area contributed by atoms with Gasteiger partial charge in [-0.15, -0.1) is 16.8 Å². The number of hydrogen-bond donors (Lipinski definition) is 1. The molecule has 0 bridgehead atoms. The van der Waals surface area contributed by atoms with Crippen molar-refractivity contribution in [2.45, 2.75) is 19.4 Å². The number of hydrogen-bond acceptors (Lipinski definition) is 4. The van der Waals surface area contributed by atoms with Crippen LogP contribution >= 0.6 is 0 Å². The Kier molecular flexibility index (Phi) is 4.63. The smallest absolute Gasteiger partial charge is 0.273 e. The number of carbonyl (C=O) groups excluding carboxylic acids is 1. The maximum absolute atomic E-state index is 11.6. The Morgan fingerprint density at radius 2 is 2.24 bits per heavy atom. The van der Waals surface area contributed by atoms with E-state index in [0.29, 0.717) is 11.5 Å². The summed E-state index contributed by atoms with van der Waals surface area (Å²) >= 11 is 0. The minimum atomic E-state index is -0.150. The number of amides is 1. The van der Waals surface area contributed by atoms with E-state index in [9.17, 15) is 4.79 Å². The third kappa shape index (κ3) is 3.86. The van der Waals surface area contributed by atoms with Gasteiger partial charge < -0.3 is 10.2 Å². The maximum atomic E-state index is 11.6. The molecule has 5 nitrogen and oxygen atoms in total. The first-order valence-corrected chi connectivity index (χ1v) is 5.47. The van der Waals surface area contributed by atoms with Gasteiger partial charge in [-0.3, -0.25) is 4.79 Å². The normalized spacial score (nSPS) is 11.7. The molecule has 0 fully saturated rings. The molecule has 1 rings (SSSR count). The molecule has 0 saturated heterocycles. The highest BCUT2D eigenvalue weighted by molar-refractivity contribution is 5.91. The molecule has 1 unspecified atom stereocenters. The largest absolute Gasteiger partial charge is 0.366 e. The van der Waals surface area contributed by atoms with Gasteiger partial charge in [0.2, 0.25) is 0 Å². The summed E-state index contributed by atoms with van der Waals surface area (Å²) in [5.74, 6) is 0.512. The number of aromatic nitrogens is 2. The fraction of sp³-hybridized carbons (Fsp3) is 0.417. The Bertz CT molecular complexity index is 386. The highest BCUT2D eigenvalue weighted by atomic mass is 16.2. The van der Waals surface area contributed by atoms with Crippen LogP contribution in [0.15, 0.2) is 24.8 Å². The van der Waals surface area contributed by atoms with Crippen molar-refractivity contribution < 1.29 is 4.79 Å². The van der Waals surface area contributed by atoms with Gasteiger partial charge >= 0.3 is 0 Å². The zero-order valence-corrected chi connectivity index (χ0v) is 10.5. The third-order valence-corrected chi connectivity index (χ3v) is 2.20. The Labute approximate surface area is 102 Å². The van der Waals surface area contributed by atoms with E-state index in [1.807, 2.05) is 13.0 Å². The molecule has 1 aromatic heterocycles. The van der Waals surface area contributed by atoms with Crippen molar-refractivity contribution in [1.82, 2.24) is 15.1 Å². The lowest BCUT2D eigenvalue weighted by Crippen LogP contribution is -2.23. The van der Waals surface area contributed by atoms with Gasteiger partial charge in [-0.05, 0) is 25.5 Å². The molecule has 1 amide bonds. The summed E-state index contributed by atoms with van der Waals surface area (Å²) in [7, 11) is 3.37. The summed E-state index contributed by atoms with van der Waals surface area (Å²) in [4.78, 5) is 13.0. The van der Waals surface area contributed by atoms with Gasteiger partial charge in [0.25, 0.3) is 5.91 Å².